The quantitative estimate of drug-likeness (QED) is 0.889. The first kappa shape index (κ1) is 15.1. The first-order chi connectivity index (χ1) is 10.3. The number of hydrogen-bond acceptors (Lipinski definition) is 2. The van der Waals surface area contributed by atoms with Crippen molar-refractivity contribution in [1.82, 2.24) is 10.2 Å². The molecule has 1 aliphatic carbocycles. The highest BCUT2D eigenvalue weighted by Crippen LogP contribution is 2.32. The Morgan fingerprint density at radius 3 is 2.48 bits per heavy atom. The van der Waals surface area contributed by atoms with Crippen molar-refractivity contribution >= 4 is 0 Å². The summed E-state index contributed by atoms with van der Waals surface area (Å²) in [4.78, 5) is 2.58. The highest BCUT2D eigenvalue weighted by atomic mass is 15.1. The fourth-order valence-electron chi connectivity index (χ4n) is 4.06. The van der Waals surface area contributed by atoms with Gasteiger partial charge in [-0.1, -0.05) is 37.3 Å². The summed E-state index contributed by atoms with van der Waals surface area (Å²) < 4.78 is 0. The third kappa shape index (κ3) is 4.08. The van der Waals surface area contributed by atoms with Gasteiger partial charge < -0.3 is 10.2 Å². The van der Waals surface area contributed by atoms with Crippen LogP contribution in [0.1, 0.15) is 50.5 Å². The van der Waals surface area contributed by atoms with Crippen LogP contribution in [-0.2, 0) is 0 Å². The molecule has 1 aromatic carbocycles. The zero-order valence-corrected chi connectivity index (χ0v) is 13.4. The van der Waals surface area contributed by atoms with Crippen LogP contribution in [0.15, 0.2) is 30.3 Å². The average molecular weight is 286 g/mol. The third-order valence-electron chi connectivity index (χ3n) is 5.51. The lowest BCUT2D eigenvalue weighted by molar-refractivity contribution is 0.309. The second-order valence-corrected chi connectivity index (χ2v) is 6.92. The summed E-state index contributed by atoms with van der Waals surface area (Å²) in [5.41, 5.74) is 1.55. The van der Waals surface area contributed by atoms with Crippen molar-refractivity contribution in [3.05, 3.63) is 35.9 Å². The second-order valence-electron chi connectivity index (χ2n) is 6.92. The van der Waals surface area contributed by atoms with Gasteiger partial charge in [0.2, 0.25) is 0 Å². The van der Waals surface area contributed by atoms with Gasteiger partial charge >= 0.3 is 0 Å². The van der Waals surface area contributed by atoms with Crippen molar-refractivity contribution < 1.29 is 0 Å². The molecule has 2 fully saturated rings. The molecule has 1 atom stereocenters. The van der Waals surface area contributed by atoms with E-state index in [-0.39, 0.29) is 0 Å². The molecule has 1 saturated heterocycles. The van der Waals surface area contributed by atoms with Gasteiger partial charge in [0, 0.05) is 12.6 Å². The Hall–Kier alpha value is -0.860. The molecule has 1 aromatic rings. The molecule has 0 radical (unpaired) electrons. The minimum absolute atomic E-state index is 0.764. The van der Waals surface area contributed by atoms with E-state index in [0.717, 1.165) is 17.9 Å². The van der Waals surface area contributed by atoms with Crippen LogP contribution in [0.4, 0.5) is 0 Å². The van der Waals surface area contributed by atoms with Gasteiger partial charge in [-0.15, -0.1) is 0 Å². The van der Waals surface area contributed by atoms with E-state index in [9.17, 15) is 0 Å². The molecule has 0 spiro atoms. The van der Waals surface area contributed by atoms with Gasteiger partial charge in [-0.2, -0.15) is 0 Å². The van der Waals surface area contributed by atoms with Crippen LogP contribution >= 0.6 is 0 Å². The van der Waals surface area contributed by atoms with Crippen molar-refractivity contribution in [2.45, 2.75) is 51.0 Å². The summed E-state index contributed by atoms with van der Waals surface area (Å²) in [5, 5.41) is 3.85. The maximum atomic E-state index is 3.85. The summed E-state index contributed by atoms with van der Waals surface area (Å²) in [5.74, 6) is 1.68. The minimum atomic E-state index is 0.764. The van der Waals surface area contributed by atoms with E-state index >= 15 is 0 Å². The lowest BCUT2D eigenvalue weighted by atomic mass is 9.81. The molecule has 2 heteroatoms. The van der Waals surface area contributed by atoms with E-state index in [1.807, 2.05) is 0 Å². The number of rotatable bonds is 5. The molecule has 21 heavy (non-hydrogen) atoms. The molecular formula is C19H30N2. The normalized spacial score (nSPS) is 30.6. The van der Waals surface area contributed by atoms with Crippen LogP contribution in [0.5, 0.6) is 0 Å². The minimum Gasteiger partial charge on any atom is -0.314 e. The van der Waals surface area contributed by atoms with E-state index in [4.69, 9.17) is 0 Å². The Morgan fingerprint density at radius 1 is 1.05 bits per heavy atom. The second kappa shape index (κ2) is 7.42. The number of hydrogen-bond donors (Lipinski definition) is 1. The Balaban J connectivity index is 1.38. The Kier molecular flexibility index (Phi) is 5.32. The van der Waals surface area contributed by atoms with E-state index < -0.39 is 0 Å². The number of likely N-dealkylation sites (tertiary alicyclic amines) is 1. The SMILES string of the molecule is CCN1CCC(CNC2CCC(c3ccccc3)CC2)C1. The molecule has 0 aromatic heterocycles. The summed E-state index contributed by atoms with van der Waals surface area (Å²) in [6.07, 6.45) is 6.80. The summed E-state index contributed by atoms with van der Waals surface area (Å²) >= 11 is 0. The van der Waals surface area contributed by atoms with Crippen LogP contribution in [0.2, 0.25) is 0 Å². The summed E-state index contributed by atoms with van der Waals surface area (Å²) in [6.45, 7) is 7.35. The Labute approximate surface area is 129 Å². The molecule has 2 aliphatic rings. The largest absolute Gasteiger partial charge is 0.314 e. The van der Waals surface area contributed by atoms with Crippen molar-refractivity contribution in [1.29, 1.82) is 0 Å². The van der Waals surface area contributed by atoms with Gasteiger partial charge in [-0.25, -0.2) is 0 Å². The zero-order valence-electron chi connectivity index (χ0n) is 13.4. The standard InChI is InChI=1S/C19H30N2/c1-2-21-13-12-16(15-21)14-20-19-10-8-18(9-11-19)17-6-4-3-5-7-17/h3-7,16,18-20H,2,8-15H2,1H3. The molecule has 1 saturated carbocycles. The highest BCUT2D eigenvalue weighted by molar-refractivity contribution is 5.20. The van der Waals surface area contributed by atoms with E-state index in [1.165, 1.54) is 58.3 Å². The Bertz CT molecular complexity index is 409. The first-order valence-corrected chi connectivity index (χ1v) is 8.86. The van der Waals surface area contributed by atoms with Crippen molar-refractivity contribution in [3.8, 4) is 0 Å². The van der Waals surface area contributed by atoms with Crippen molar-refractivity contribution in [2.75, 3.05) is 26.2 Å². The first-order valence-electron chi connectivity index (χ1n) is 8.86. The van der Waals surface area contributed by atoms with Gasteiger partial charge in [0.25, 0.3) is 0 Å². The predicted octanol–water partition coefficient (Wildman–Crippen LogP) is 3.64. The number of nitrogens with zero attached hydrogens (tertiary/aromatic N) is 1. The predicted molar refractivity (Wildman–Crippen MR) is 89.7 cm³/mol. The van der Waals surface area contributed by atoms with Crippen molar-refractivity contribution in [3.63, 3.8) is 0 Å². The van der Waals surface area contributed by atoms with Gasteiger partial charge in [-0.05, 0) is 69.1 Å². The van der Waals surface area contributed by atoms with Crippen molar-refractivity contribution in [2.24, 2.45) is 5.92 Å². The van der Waals surface area contributed by atoms with E-state index in [0.29, 0.717) is 0 Å². The highest BCUT2D eigenvalue weighted by Gasteiger charge is 2.25. The van der Waals surface area contributed by atoms with Gasteiger partial charge in [0.1, 0.15) is 0 Å². The van der Waals surface area contributed by atoms with Crippen LogP contribution < -0.4 is 5.32 Å². The summed E-state index contributed by atoms with van der Waals surface area (Å²) in [6, 6.07) is 11.9. The molecule has 0 bridgehead atoms. The third-order valence-corrected chi connectivity index (χ3v) is 5.51. The molecule has 0 amide bonds. The Morgan fingerprint density at radius 2 is 1.81 bits per heavy atom. The van der Waals surface area contributed by atoms with Gasteiger partial charge in [-0.3, -0.25) is 0 Å². The maximum Gasteiger partial charge on any atom is 0.00676 e. The molecule has 2 nitrogen and oxygen atoms in total. The lowest BCUT2D eigenvalue weighted by Gasteiger charge is -2.30. The van der Waals surface area contributed by atoms with Crippen LogP contribution in [0.3, 0.4) is 0 Å². The van der Waals surface area contributed by atoms with Crippen LogP contribution in [0, 0.1) is 5.92 Å². The zero-order chi connectivity index (χ0) is 14.5. The lowest BCUT2D eigenvalue weighted by Crippen LogP contribution is -2.36. The van der Waals surface area contributed by atoms with Gasteiger partial charge in [0.15, 0.2) is 0 Å². The molecule has 1 aliphatic heterocycles. The monoisotopic (exact) mass is 286 g/mol. The van der Waals surface area contributed by atoms with Crippen LogP contribution in [-0.4, -0.2) is 37.1 Å². The molecule has 1 unspecified atom stereocenters. The fourth-order valence-corrected chi connectivity index (χ4v) is 4.06. The molecular weight excluding hydrogens is 256 g/mol. The fraction of sp³-hybridized carbons (Fsp3) is 0.684. The topological polar surface area (TPSA) is 15.3 Å². The number of nitrogens with one attached hydrogen (secondary N) is 1. The summed E-state index contributed by atoms with van der Waals surface area (Å²) in [7, 11) is 0. The van der Waals surface area contributed by atoms with Crippen LogP contribution in [0.25, 0.3) is 0 Å². The van der Waals surface area contributed by atoms with E-state index in [1.54, 1.807) is 5.56 Å². The smallest absolute Gasteiger partial charge is 0.00676 e. The molecule has 1 N–H and O–H groups in total. The van der Waals surface area contributed by atoms with E-state index in [2.05, 4.69) is 47.5 Å². The number of benzene rings is 1. The molecule has 3 rings (SSSR count). The average Bonchev–Trinajstić information content (AvgIpc) is 3.02. The molecule has 1 heterocycles. The molecule has 116 valence electrons. The maximum absolute atomic E-state index is 3.85. The van der Waals surface area contributed by atoms with Gasteiger partial charge in [0.05, 0.1) is 0 Å².